The van der Waals surface area contributed by atoms with E-state index in [0.29, 0.717) is 23.9 Å². The fourth-order valence-corrected chi connectivity index (χ4v) is 3.86. The molecule has 0 spiro atoms. The number of rotatable bonds is 12. The molecule has 0 aliphatic heterocycles. The average Bonchev–Trinajstić information content (AvgIpc) is 2.91. The van der Waals surface area contributed by atoms with Gasteiger partial charge in [0.2, 0.25) is 5.88 Å². The third kappa shape index (κ3) is 8.89. The molecular weight excluding hydrogens is 534 g/mol. The number of hydrogen-bond donors (Lipinski definition) is 1. The Balaban J connectivity index is 1.70. The molecule has 0 unspecified atom stereocenters. The second kappa shape index (κ2) is 13.3. The maximum atomic E-state index is 13.0. The zero-order valence-corrected chi connectivity index (χ0v) is 22.1. The van der Waals surface area contributed by atoms with Crippen molar-refractivity contribution in [3.63, 3.8) is 0 Å². The number of hydrogen-bond acceptors (Lipinski definition) is 6. The number of amides is 1. The van der Waals surface area contributed by atoms with Gasteiger partial charge >= 0.3 is 6.18 Å². The van der Waals surface area contributed by atoms with Crippen LogP contribution in [0.2, 0.25) is 0 Å². The molecule has 0 saturated heterocycles. The van der Waals surface area contributed by atoms with E-state index >= 15 is 0 Å². The summed E-state index contributed by atoms with van der Waals surface area (Å²) in [6.45, 7) is 3.43. The number of ether oxygens (including phenoxy) is 2. The summed E-state index contributed by atoms with van der Waals surface area (Å²) in [5.41, 5.74) is -0.0674. The monoisotopic (exact) mass is 561 g/mol. The van der Waals surface area contributed by atoms with E-state index in [1.807, 2.05) is 18.2 Å². The summed E-state index contributed by atoms with van der Waals surface area (Å²) >= 11 is 0.208. The summed E-state index contributed by atoms with van der Waals surface area (Å²) in [5.74, 6) is 0.0270. The fourth-order valence-electron chi connectivity index (χ4n) is 3.71. The Morgan fingerprint density at radius 1 is 1.13 bits per heavy atom. The predicted octanol–water partition coefficient (Wildman–Crippen LogP) is 6.27. The van der Waals surface area contributed by atoms with Crippen molar-refractivity contribution >= 4 is 18.1 Å². The highest BCUT2D eigenvalue weighted by Crippen LogP contribution is 2.30. The van der Waals surface area contributed by atoms with Gasteiger partial charge in [-0.1, -0.05) is 24.3 Å². The molecule has 0 fully saturated rings. The van der Waals surface area contributed by atoms with Gasteiger partial charge in [0.1, 0.15) is 5.75 Å². The van der Waals surface area contributed by atoms with Gasteiger partial charge in [-0.2, -0.15) is 22.3 Å². The molecule has 1 N–H and O–H groups in total. The largest absolute Gasteiger partial charge is 0.493 e. The highest BCUT2D eigenvalue weighted by atomic mass is 32.2. The first kappa shape index (κ1) is 29.8. The minimum atomic E-state index is -4.53. The van der Waals surface area contributed by atoms with Gasteiger partial charge in [-0.3, -0.25) is 4.79 Å². The molecule has 11 heteroatoms. The lowest BCUT2D eigenvalue weighted by Crippen LogP contribution is -2.47. The third-order valence-electron chi connectivity index (χ3n) is 5.80. The van der Waals surface area contributed by atoms with Crippen molar-refractivity contribution in [3.8, 4) is 17.7 Å². The van der Waals surface area contributed by atoms with Crippen LogP contribution in [-0.4, -0.2) is 35.4 Å². The number of aromatic nitrogens is 1. The Bertz CT molecular complexity index is 1280. The second-order valence-electron chi connectivity index (χ2n) is 9.15. The van der Waals surface area contributed by atoms with Gasteiger partial charge in [0.25, 0.3) is 5.91 Å². The SMILES string of the molecule is CC(C)(Oc1ccc(C(F)(F)F)cn1)C(=O)NC[C@@H](Cc1ccc(OCCSF)cc1)c1cccc(C#N)c1. The Morgan fingerprint density at radius 2 is 1.87 bits per heavy atom. The van der Waals surface area contributed by atoms with Crippen LogP contribution in [0.4, 0.5) is 17.1 Å². The highest BCUT2D eigenvalue weighted by Gasteiger charge is 2.33. The third-order valence-corrected chi connectivity index (χ3v) is 6.12. The van der Waals surface area contributed by atoms with Crippen molar-refractivity contribution < 1.29 is 31.3 Å². The second-order valence-corrected chi connectivity index (χ2v) is 9.78. The van der Waals surface area contributed by atoms with Crippen molar-refractivity contribution in [2.45, 2.75) is 38.0 Å². The van der Waals surface area contributed by atoms with Gasteiger partial charge in [0.15, 0.2) is 5.60 Å². The maximum Gasteiger partial charge on any atom is 0.417 e. The van der Waals surface area contributed by atoms with Crippen LogP contribution in [0, 0.1) is 11.3 Å². The molecule has 206 valence electrons. The number of nitriles is 1. The number of halogens is 4. The molecule has 2 aromatic carbocycles. The van der Waals surface area contributed by atoms with E-state index in [9.17, 15) is 27.1 Å². The van der Waals surface area contributed by atoms with Crippen molar-refractivity contribution in [2.24, 2.45) is 0 Å². The number of carbonyl (C=O) groups excluding carboxylic acids is 1. The smallest absolute Gasteiger partial charge is 0.417 e. The molecule has 0 aliphatic rings. The normalized spacial score (nSPS) is 12.3. The molecular formula is C28H27F4N3O3S. The van der Waals surface area contributed by atoms with Gasteiger partial charge in [-0.25, -0.2) is 4.98 Å². The molecule has 0 radical (unpaired) electrons. The van der Waals surface area contributed by atoms with Gasteiger partial charge in [-0.05, 0) is 61.7 Å². The zero-order chi connectivity index (χ0) is 28.5. The molecule has 0 aliphatic carbocycles. The van der Waals surface area contributed by atoms with Crippen LogP contribution in [0.1, 0.15) is 42.0 Å². The van der Waals surface area contributed by atoms with E-state index in [4.69, 9.17) is 9.47 Å². The first-order valence-corrected chi connectivity index (χ1v) is 12.9. The van der Waals surface area contributed by atoms with Gasteiger partial charge < -0.3 is 14.8 Å². The summed E-state index contributed by atoms with van der Waals surface area (Å²) in [5, 5.41) is 12.2. The number of benzene rings is 2. The highest BCUT2D eigenvalue weighted by molar-refractivity contribution is 7.94. The van der Waals surface area contributed by atoms with Crippen LogP contribution < -0.4 is 14.8 Å². The predicted molar refractivity (Wildman–Crippen MR) is 140 cm³/mol. The standard InChI is InChI=1S/C28H27F4N3O3S/c1-27(2,38-25-11-8-23(18-34-25)28(29,30)31)26(36)35-17-22(21-5-3-4-20(15-21)16-33)14-19-6-9-24(10-7-19)37-12-13-39-32/h3-11,15,18,22H,12-14,17H2,1-2H3,(H,35,36)/t22-/m1/s1. The van der Waals surface area contributed by atoms with Crippen molar-refractivity contribution in [1.29, 1.82) is 5.26 Å². The Kier molecular flexibility index (Phi) is 10.2. The molecule has 1 heterocycles. The number of alkyl halides is 3. The van der Waals surface area contributed by atoms with Gasteiger partial charge in [-0.15, -0.1) is 0 Å². The van der Waals surface area contributed by atoms with Crippen LogP contribution >= 0.6 is 12.1 Å². The maximum absolute atomic E-state index is 13.0. The molecule has 39 heavy (non-hydrogen) atoms. The quantitative estimate of drug-likeness (QED) is 0.207. The van der Waals surface area contributed by atoms with Crippen LogP contribution in [0.5, 0.6) is 11.6 Å². The van der Waals surface area contributed by atoms with Crippen molar-refractivity contribution in [1.82, 2.24) is 10.3 Å². The van der Waals surface area contributed by atoms with Crippen LogP contribution in [0.3, 0.4) is 0 Å². The minimum Gasteiger partial charge on any atom is -0.493 e. The van der Waals surface area contributed by atoms with Gasteiger partial charge in [0.05, 0.1) is 29.6 Å². The lowest BCUT2D eigenvalue weighted by atomic mass is 9.90. The van der Waals surface area contributed by atoms with E-state index < -0.39 is 23.2 Å². The molecule has 3 rings (SSSR count). The molecule has 1 aromatic heterocycles. The van der Waals surface area contributed by atoms with E-state index in [1.165, 1.54) is 13.8 Å². The summed E-state index contributed by atoms with van der Waals surface area (Å²) in [4.78, 5) is 16.7. The number of carbonyl (C=O) groups is 1. The van der Waals surface area contributed by atoms with Crippen LogP contribution in [0.25, 0.3) is 0 Å². The van der Waals surface area contributed by atoms with Crippen molar-refractivity contribution in [2.75, 3.05) is 18.9 Å². The molecule has 1 amide bonds. The van der Waals surface area contributed by atoms with E-state index in [1.54, 1.807) is 30.3 Å². The van der Waals surface area contributed by atoms with E-state index in [-0.39, 0.29) is 42.9 Å². The summed E-state index contributed by atoms with van der Waals surface area (Å²) in [6.07, 6.45) is -3.35. The topological polar surface area (TPSA) is 84.2 Å². The van der Waals surface area contributed by atoms with Crippen LogP contribution in [0.15, 0.2) is 66.9 Å². The first-order chi connectivity index (χ1) is 18.5. The lowest BCUT2D eigenvalue weighted by molar-refractivity contribution is -0.138. The molecule has 0 bridgehead atoms. The first-order valence-electron chi connectivity index (χ1n) is 12.0. The van der Waals surface area contributed by atoms with Gasteiger partial charge in [0, 0.05) is 36.9 Å². The Labute approximate surface area is 228 Å². The number of pyridine rings is 1. The Morgan fingerprint density at radius 3 is 2.49 bits per heavy atom. The Hall–Kier alpha value is -3.78. The average molecular weight is 562 g/mol. The summed E-state index contributed by atoms with van der Waals surface area (Å²) in [7, 11) is 0. The molecule has 1 atom stereocenters. The molecule has 3 aromatic rings. The summed E-state index contributed by atoms with van der Waals surface area (Å²) in [6, 6.07) is 18.4. The molecule has 6 nitrogen and oxygen atoms in total. The zero-order valence-electron chi connectivity index (χ0n) is 21.3. The lowest BCUT2D eigenvalue weighted by Gasteiger charge is -2.26. The number of nitrogens with one attached hydrogen (secondary N) is 1. The van der Waals surface area contributed by atoms with E-state index in [2.05, 4.69) is 16.4 Å². The van der Waals surface area contributed by atoms with Crippen LogP contribution in [-0.2, 0) is 17.4 Å². The van der Waals surface area contributed by atoms with E-state index in [0.717, 1.165) is 23.3 Å². The molecule has 0 saturated carbocycles. The summed E-state index contributed by atoms with van der Waals surface area (Å²) < 4.78 is 61.7. The van der Waals surface area contributed by atoms with Crippen molar-refractivity contribution in [3.05, 3.63) is 89.1 Å². The number of nitrogens with zero attached hydrogens (tertiary/aromatic N) is 2. The minimum absolute atomic E-state index is 0.117. The fraction of sp³-hybridized carbons (Fsp3) is 0.321.